The Morgan fingerprint density at radius 3 is 2.42 bits per heavy atom. The summed E-state index contributed by atoms with van der Waals surface area (Å²) < 4.78 is 37.4. The van der Waals surface area contributed by atoms with Crippen molar-refractivity contribution in [2.45, 2.75) is 26.1 Å². The highest BCUT2D eigenvalue weighted by Crippen LogP contribution is 2.17. The molecule has 0 aliphatic carbocycles. The fourth-order valence-electron chi connectivity index (χ4n) is 2.03. The van der Waals surface area contributed by atoms with Crippen LogP contribution in [0.3, 0.4) is 0 Å². The Hall–Kier alpha value is -2.64. The number of aryl methyl sites for hydroxylation is 1. The van der Waals surface area contributed by atoms with Gasteiger partial charge in [0.25, 0.3) is 5.56 Å². The van der Waals surface area contributed by atoms with Gasteiger partial charge in [0.05, 0.1) is 5.69 Å². The van der Waals surface area contributed by atoms with Gasteiger partial charge in [-0.3, -0.25) is 9.59 Å². The quantitative estimate of drug-likeness (QED) is 0.931. The van der Waals surface area contributed by atoms with Gasteiger partial charge in [0, 0.05) is 11.6 Å². The van der Waals surface area contributed by atoms with Crippen LogP contribution in [0.25, 0.3) is 11.3 Å². The van der Waals surface area contributed by atoms with Crippen molar-refractivity contribution in [1.82, 2.24) is 15.1 Å². The van der Waals surface area contributed by atoms with Crippen LogP contribution >= 0.6 is 0 Å². The Labute approximate surface area is 136 Å². The average Bonchev–Trinajstić information content (AvgIpc) is 2.52. The van der Waals surface area contributed by atoms with Crippen molar-refractivity contribution in [2.24, 2.45) is 0 Å². The van der Waals surface area contributed by atoms with Crippen molar-refractivity contribution in [3.05, 3.63) is 52.3 Å². The lowest BCUT2D eigenvalue weighted by Gasteiger charge is -2.15. The first kappa shape index (κ1) is 17.7. The third kappa shape index (κ3) is 4.43. The van der Waals surface area contributed by atoms with Crippen molar-refractivity contribution in [1.29, 1.82) is 0 Å². The highest BCUT2D eigenvalue weighted by Gasteiger charge is 2.29. The normalized spacial score (nSPS) is 12.7. The van der Waals surface area contributed by atoms with E-state index in [1.54, 1.807) is 17.4 Å². The van der Waals surface area contributed by atoms with Gasteiger partial charge in [-0.1, -0.05) is 29.8 Å². The predicted octanol–water partition coefficient (Wildman–Crippen LogP) is 2.46. The fraction of sp³-hybridized carbons (Fsp3) is 0.312. The summed E-state index contributed by atoms with van der Waals surface area (Å²) in [5, 5.41) is 5.85. The van der Waals surface area contributed by atoms with Gasteiger partial charge < -0.3 is 5.32 Å². The van der Waals surface area contributed by atoms with E-state index in [1.165, 1.54) is 19.1 Å². The molecule has 0 bridgehead atoms. The Bertz CT molecular complexity index is 782. The number of carbonyl (C=O) groups excluding carboxylic acids is 1. The maximum Gasteiger partial charge on any atom is 0.405 e. The number of rotatable bonds is 4. The van der Waals surface area contributed by atoms with Crippen LogP contribution in [0.2, 0.25) is 0 Å². The molecular formula is C16H16F3N3O2. The fourth-order valence-corrected chi connectivity index (χ4v) is 2.03. The lowest BCUT2D eigenvalue weighted by Crippen LogP contribution is -2.40. The average molecular weight is 339 g/mol. The van der Waals surface area contributed by atoms with E-state index in [0.717, 1.165) is 15.8 Å². The molecule has 0 radical (unpaired) electrons. The molecule has 0 saturated heterocycles. The van der Waals surface area contributed by atoms with E-state index in [0.29, 0.717) is 5.69 Å². The van der Waals surface area contributed by atoms with Gasteiger partial charge in [0.15, 0.2) is 0 Å². The number of carbonyl (C=O) groups is 1. The first-order valence-electron chi connectivity index (χ1n) is 7.19. The third-order valence-corrected chi connectivity index (χ3v) is 3.38. The van der Waals surface area contributed by atoms with Crippen LogP contribution in [-0.4, -0.2) is 28.4 Å². The number of aromatic nitrogens is 2. The SMILES string of the molecule is Cc1ccc(-c2ccc(=O)n(C(C)C(=O)NCC(F)(F)F)n2)cc1. The van der Waals surface area contributed by atoms with Gasteiger partial charge in [-0.15, -0.1) is 0 Å². The number of alkyl halides is 3. The summed E-state index contributed by atoms with van der Waals surface area (Å²) in [6.45, 7) is 1.78. The van der Waals surface area contributed by atoms with Crippen LogP contribution in [-0.2, 0) is 4.79 Å². The monoisotopic (exact) mass is 339 g/mol. The van der Waals surface area contributed by atoms with Crippen molar-refractivity contribution < 1.29 is 18.0 Å². The summed E-state index contributed by atoms with van der Waals surface area (Å²) >= 11 is 0. The zero-order valence-corrected chi connectivity index (χ0v) is 13.1. The molecule has 1 N–H and O–H groups in total. The van der Waals surface area contributed by atoms with Gasteiger partial charge in [0.1, 0.15) is 12.6 Å². The maximum atomic E-state index is 12.2. The van der Waals surface area contributed by atoms with E-state index >= 15 is 0 Å². The van der Waals surface area contributed by atoms with Crippen LogP contribution in [0, 0.1) is 6.92 Å². The minimum atomic E-state index is -4.52. The highest BCUT2D eigenvalue weighted by atomic mass is 19.4. The topological polar surface area (TPSA) is 64.0 Å². The maximum absolute atomic E-state index is 12.2. The predicted molar refractivity (Wildman–Crippen MR) is 82.4 cm³/mol. The summed E-state index contributed by atoms with van der Waals surface area (Å²) in [5.41, 5.74) is 1.66. The molecule has 1 aromatic carbocycles. The molecular weight excluding hydrogens is 323 g/mol. The lowest BCUT2D eigenvalue weighted by molar-refractivity contribution is -0.140. The van der Waals surface area contributed by atoms with Gasteiger partial charge >= 0.3 is 6.18 Å². The molecule has 0 aliphatic rings. The van der Waals surface area contributed by atoms with E-state index in [2.05, 4.69) is 5.10 Å². The van der Waals surface area contributed by atoms with E-state index in [1.807, 2.05) is 19.1 Å². The Morgan fingerprint density at radius 1 is 1.21 bits per heavy atom. The van der Waals surface area contributed by atoms with E-state index in [4.69, 9.17) is 0 Å². The minimum Gasteiger partial charge on any atom is -0.345 e. The molecule has 8 heteroatoms. The van der Waals surface area contributed by atoms with E-state index in [-0.39, 0.29) is 0 Å². The standard InChI is InChI=1S/C16H16F3N3O2/c1-10-3-5-12(6-4-10)13-7-8-14(23)22(21-13)11(2)15(24)20-9-16(17,18)19/h3-8,11H,9H2,1-2H3,(H,20,24). The van der Waals surface area contributed by atoms with Crippen LogP contribution in [0.5, 0.6) is 0 Å². The third-order valence-electron chi connectivity index (χ3n) is 3.38. The number of nitrogens with one attached hydrogen (secondary N) is 1. The molecule has 2 rings (SSSR count). The molecule has 24 heavy (non-hydrogen) atoms. The first-order valence-corrected chi connectivity index (χ1v) is 7.19. The van der Waals surface area contributed by atoms with E-state index in [9.17, 15) is 22.8 Å². The molecule has 0 fully saturated rings. The van der Waals surface area contributed by atoms with Crippen LogP contribution in [0.15, 0.2) is 41.2 Å². The number of amides is 1. The van der Waals surface area contributed by atoms with Crippen LogP contribution in [0.4, 0.5) is 13.2 Å². The summed E-state index contributed by atoms with van der Waals surface area (Å²) in [6, 6.07) is 8.92. The molecule has 128 valence electrons. The van der Waals surface area contributed by atoms with Crippen LogP contribution < -0.4 is 10.9 Å². The lowest BCUT2D eigenvalue weighted by atomic mass is 10.1. The Kier molecular flexibility index (Phi) is 5.06. The largest absolute Gasteiger partial charge is 0.405 e. The molecule has 0 spiro atoms. The molecule has 1 amide bonds. The van der Waals surface area contributed by atoms with Gasteiger partial charge in [0.2, 0.25) is 5.91 Å². The second-order valence-electron chi connectivity index (χ2n) is 5.38. The van der Waals surface area contributed by atoms with Gasteiger partial charge in [-0.25, -0.2) is 4.68 Å². The smallest absolute Gasteiger partial charge is 0.345 e. The zero-order chi connectivity index (χ0) is 17.9. The summed E-state index contributed by atoms with van der Waals surface area (Å²) in [7, 11) is 0. The molecule has 1 atom stereocenters. The number of halogens is 3. The second kappa shape index (κ2) is 6.86. The van der Waals surface area contributed by atoms with Crippen molar-refractivity contribution in [3.63, 3.8) is 0 Å². The van der Waals surface area contributed by atoms with Gasteiger partial charge in [-0.05, 0) is 19.9 Å². The van der Waals surface area contributed by atoms with Crippen molar-refractivity contribution in [2.75, 3.05) is 6.54 Å². The van der Waals surface area contributed by atoms with Crippen molar-refractivity contribution in [3.8, 4) is 11.3 Å². The molecule has 5 nitrogen and oxygen atoms in total. The van der Waals surface area contributed by atoms with E-state index < -0.39 is 30.2 Å². The molecule has 0 aliphatic heterocycles. The number of nitrogens with zero attached hydrogens (tertiary/aromatic N) is 2. The van der Waals surface area contributed by atoms with Gasteiger partial charge in [-0.2, -0.15) is 18.3 Å². The number of hydrogen-bond donors (Lipinski definition) is 1. The molecule has 1 heterocycles. The summed E-state index contributed by atoms with van der Waals surface area (Å²) in [6.07, 6.45) is -4.52. The Balaban J connectivity index is 2.26. The van der Waals surface area contributed by atoms with Crippen molar-refractivity contribution >= 4 is 5.91 Å². The Morgan fingerprint density at radius 2 is 1.83 bits per heavy atom. The first-order chi connectivity index (χ1) is 11.2. The summed E-state index contributed by atoms with van der Waals surface area (Å²) in [5.74, 6) is -0.928. The minimum absolute atomic E-state index is 0.449. The van der Waals surface area contributed by atoms with Crippen LogP contribution in [0.1, 0.15) is 18.5 Å². The number of hydrogen-bond acceptors (Lipinski definition) is 3. The second-order valence-corrected chi connectivity index (χ2v) is 5.38. The summed E-state index contributed by atoms with van der Waals surface area (Å²) in [4.78, 5) is 23.7. The number of benzene rings is 1. The highest BCUT2D eigenvalue weighted by molar-refractivity contribution is 5.79. The molecule has 1 unspecified atom stereocenters. The zero-order valence-electron chi connectivity index (χ0n) is 13.1. The molecule has 1 aromatic heterocycles. The molecule has 2 aromatic rings. The molecule has 0 saturated carbocycles.